The molecule has 6 heteroatoms. The monoisotopic (exact) mass is 354 g/mol. The third-order valence-corrected chi connectivity index (χ3v) is 4.49. The molecule has 0 saturated carbocycles. The van der Waals surface area contributed by atoms with Crippen molar-refractivity contribution in [3.8, 4) is 5.75 Å². The molecule has 0 aliphatic carbocycles. The zero-order chi connectivity index (χ0) is 18.5. The highest BCUT2D eigenvalue weighted by atomic mass is 16.5. The average molecular weight is 354 g/mol. The van der Waals surface area contributed by atoms with E-state index in [0.29, 0.717) is 25.2 Å². The first-order chi connectivity index (χ1) is 12.6. The van der Waals surface area contributed by atoms with Crippen LogP contribution in [0.25, 0.3) is 0 Å². The van der Waals surface area contributed by atoms with Gasteiger partial charge in [-0.05, 0) is 23.3 Å². The van der Waals surface area contributed by atoms with Crippen LogP contribution in [-0.2, 0) is 16.1 Å². The topological polar surface area (TPSA) is 70.1 Å². The number of piperazine rings is 1. The number of amides is 2. The zero-order valence-corrected chi connectivity index (χ0v) is 14.7. The number of aliphatic hydroxyl groups is 1. The van der Waals surface area contributed by atoms with Crippen LogP contribution in [0.4, 0.5) is 0 Å². The van der Waals surface area contributed by atoms with Crippen molar-refractivity contribution in [1.82, 2.24) is 9.80 Å². The van der Waals surface area contributed by atoms with E-state index >= 15 is 0 Å². The van der Waals surface area contributed by atoms with E-state index in [9.17, 15) is 14.7 Å². The maximum Gasteiger partial charge on any atom is 0.256 e. The fourth-order valence-corrected chi connectivity index (χ4v) is 3.01. The predicted molar refractivity (Wildman–Crippen MR) is 96.4 cm³/mol. The molecule has 0 bridgehead atoms. The second kappa shape index (κ2) is 8.01. The van der Waals surface area contributed by atoms with Gasteiger partial charge >= 0.3 is 0 Å². The van der Waals surface area contributed by atoms with Crippen molar-refractivity contribution in [3.05, 3.63) is 65.7 Å². The van der Waals surface area contributed by atoms with Crippen molar-refractivity contribution in [3.63, 3.8) is 0 Å². The number of nitrogens with zero attached hydrogens (tertiary/aromatic N) is 2. The first kappa shape index (κ1) is 17.9. The summed E-state index contributed by atoms with van der Waals surface area (Å²) in [6, 6.07) is 16.3. The first-order valence-corrected chi connectivity index (χ1v) is 8.51. The highest BCUT2D eigenvalue weighted by Gasteiger charge is 2.31. The lowest BCUT2D eigenvalue weighted by atomic mass is 10.1. The van der Waals surface area contributed by atoms with E-state index in [4.69, 9.17) is 4.74 Å². The molecule has 2 aromatic carbocycles. The Morgan fingerprint density at radius 1 is 1.15 bits per heavy atom. The molecule has 1 fully saturated rings. The number of methoxy groups -OCH3 is 1. The maximum atomic E-state index is 12.5. The van der Waals surface area contributed by atoms with Crippen LogP contribution in [0.5, 0.6) is 5.75 Å². The number of hydrogen-bond donors (Lipinski definition) is 1. The average Bonchev–Trinajstić information content (AvgIpc) is 2.69. The number of carbonyl (C=O) groups is 2. The minimum absolute atomic E-state index is 0.0211. The maximum absolute atomic E-state index is 12.5. The number of rotatable bonds is 5. The van der Waals surface area contributed by atoms with Gasteiger partial charge in [0.1, 0.15) is 5.75 Å². The predicted octanol–water partition coefficient (Wildman–Crippen LogP) is 1.60. The SMILES string of the molecule is COc1cccc(CN2CCN(C(=O)C(O)c3ccccc3)CC2=O)c1. The van der Waals surface area contributed by atoms with Gasteiger partial charge in [-0.2, -0.15) is 0 Å². The number of aliphatic hydroxyl groups excluding tert-OH is 1. The Kier molecular flexibility index (Phi) is 5.53. The van der Waals surface area contributed by atoms with Crippen molar-refractivity contribution in [2.75, 3.05) is 26.7 Å². The van der Waals surface area contributed by atoms with Crippen LogP contribution in [0.3, 0.4) is 0 Å². The summed E-state index contributed by atoms with van der Waals surface area (Å²) in [5.41, 5.74) is 1.51. The van der Waals surface area contributed by atoms with Crippen LogP contribution in [0, 0.1) is 0 Å². The van der Waals surface area contributed by atoms with Crippen molar-refractivity contribution in [2.45, 2.75) is 12.6 Å². The molecule has 1 atom stereocenters. The van der Waals surface area contributed by atoms with Gasteiger partial charge in [-0.1, -0.05) is 42.5 Å². The van der Waals surface area contributed by atoms with E-state index in [-0.39, 0.29) is 12.5 Å². The highest BCUT2D eigenvalue weighted by Crippen LogP contribution is 2.19. The standard InChI is InChI=1S/C20H22N2O4/c1-26-17-9-5-6-15(12-17)13-21-10-11-22(14-18(21)23)20(25)19(24)16-7-3-2-4-8-16/h2-9,12,19,24H,10-11,13-14H2,1H3. The van der Waals surface area contributed by atoms with Gasteiger partial charge in [0.2, 0.25) is 5.91 Å². The van der Waals surface area contributed by atoms with Gasteiger partial charge in [0.25, 0.3) is 5.91 Å². The normalized spacial score (nSPS) is 15.7. The van der Waals surface area contributed by atoms with Crippen LogP contribution in [-0.4, -0.2) is 53.5 Å². The summed E-state index contributed by atoms with van der Waals surface area (Å²) in [4.78, 5) is 28.1. The van der Waals surface area contributed by atoms with Crippen LogP contribution in [0.15, 0.2) is 54.6 Å². The number of benzene rings is 2. The fraction of sp³-hybridized carbons (Fsp3) is 0.300. The van der Waals surface area contributed by atoms with Gasteiger partial charge < -0.3 is 19.6 Å². The molecule has 1 heterocycles. The molecule has 1 aliphatic heterocycles. The quantitative estimate of drug-likeness (QED) is 0.885. The van der Waals surface area contributed by atoms with Crippen LogP contribution < -0.4 is 4.74 Å². The molecule has 3 rings (SSSR count). The number of hydrogen-bond acceptors (Lipinski definition) is 4. The lowest BCUT2D eigenvalue weighted by Crippen LogP contribution is -2.52. The van der Waals surface area contributed by atoms with Gasteiger partial charge in [-0.3, -0.25) is 9.59 Å². The van der Waals surface area contributed by atoms with Gasteiger partial charge in [0.15, 0.2) is 6.10 Å². The van der Waals surface area contributed by atoms with Crippen molar-refractivity contribution >= 4 is 11.8 Å². The summed E-state index contributed by atoms with van der Waals surface area (Å²) in [5, 5.41) is 10.3. The molecular weight excluding hydrogens is 332 g/mol. The van der Waals surface area contributed by atoms with Crippen LogP contribution in [0.2, 0.25) is 0 Å². The third-order valence-electron chi connectivity index (χ3n) is 4.49. The van der Waals surface area contributed by atoms with Crippen molar-refractivity contribution in [2.24, 2.45) is 0 Å². The van der Waals surface area contributed by atoms with Crippen molar-refractivity contribution in [1.29, 1.82) is 0 Å². The minimum Gasteiger partial charge on any atom is -0.497 e. The lowest BCUT2D eigenvalue weighted by molar-refractivity contribution is -0.150. The van der Waals surface area contributed by atoms with Crippen LogP contribution in [0.1, 0.15) is 17.2 Å². The molecule has 0 radical (unpaired) electrons. The van der Waals surface area contributed by atoms with Crippen molar-refractivity contribution < 1.29 is 19.4 Å². The number of carbonyl (C=O) groups excluding carboxylic acids is 2. The van der Waals surface area contributed by atoms with Crippen LogP contribution >= 0.6 is 0 Å². The van der Waals surface area contributed by atoms with Gasteiger partial charge in [0.05, 0.1) is 13.7 Å². The lowest BCUT2D eigenvalue weighted by Gasteiger charge is -2.35. The van der Waals surface area contributed by atoms with E-state index < -0.39 is 12.0 Å². The van der Waals surface area contributed by atoms with E-state index in [0.717, 1.165) is 11.3 Å². The molecule has 1 N–H and O–H groups in total. The Morgan fingerprint density at radius 2 is 1.92 bits per heavy atom. The second-order valence-electron chi connectivity index (χ2n) is 6.24. The highest BCUT2D eigenvalue weighted by molar-refractivity contribution is 5.88. The molecule has 26 heavy (non-hydrogen) atoms. The molecule has 1 saturated heterocycles. The molecule has 1 aliphatic rings. The van der Waals surface area contributed by atoms with Gasteiger partial charge in [0, 0.05) is 19.6 Å². The molecule has 6 nitrogen and oxygen atoms in total. The first-order valence-electron chi connectivity index (χ1n) is 8.51. The minimum atomic E-state index is -1.24. The summed E-state index contributed by atoms with van der Waals surface area (Å²) in [5.74, 6) is 0.174. The van der Waals surface area contributed by atoms with E-state index in [2.05, 4.69) is 0 Å². The molecular formula is C20H22N2O4. The second-order valence-corrected chi connectivity index (χ2v) is 6.24. The molecule has 0 spiro atoms. The van der Waals surface area contributed by atoms with E-state index in [1.54, 1.807) is 36.3 Å². The summed E-state index contributed by atoms with van der Waals surface area (Å²) < 4.78 is 5.20. The summed E-state index contributed by atoms with van der Waals surface area (Å²) in [6.45, 7) is 1.29. The van der Waals surface area contributed by atoms with Gasteiger partial charge in [-0.15, -0.1) is 0 Å². The molecule has 0 aromatic heterocycles. The molecule has 2 amide bonds. The third kappa shape index (κ3) is 4.03. The largest absolute Gasteiger partial charge is 0.497 e. The smallest absolute Gasteiger partial charge is 0.256 e. The Balaban J connectivity index is 1.61. The molecule has 1 unspecified atom stereocenters. The fourth-order valence-electron chi connectivity index (χ4n) is 3.01. The summed E-state index contributed by atoms with van der Waals surface area (Å²) in [7, 11) is 1.60. The molecule has 2 aromatic rings. The Labute approximate surface area is 152 Å². The Hall–Kier alpha value is -2.86. The van der Waals surface area contributed by atoms with E-state index in [1.807, 2.05) is 30.3 Å². The van der Waals surface area contributed by atoms with E-state index in [1.165, 1.54) is 4.90 Å². The number of ether oxygens (including phenoxy) is 1. The summed E-state index contributed by atoms with van der Waals surface area (Å²) in [6.07, 6.45) is -1.24. The zero-order valence-electron chi connectivity index (χ0n) is 14.7. The summed E-state index contributed by atoms with van der Waals surface area (Å²) >= 11 is 0. The molecule has 136 valence electrons. The Morgan fingerprint density at radius 3 is 2.62 bits per heavy atom. The Bertz CT molecular complexity index is 778. The van der Waals surface area contributed by atoms with Gasteiger partial charge in [-0.25, -0.2) is 0 Å².